The zero-order valence-electron chi connectivity index (χ0n) is 23.6. The van der Waals surface area contributed by atoms with Gasteiger partial charge in [0, 0.05) is 22.2 Å². The number of carbonyl (C=O) groups is 1. The van der Waals surface area contributed by atoms with Crippen molar-refractivity contribution in [2.75, 3.05) is 28.2 Å². The predicted octanol–water partition coefficient (Wildman–Crippen LogP) is 7.14. The smallest absolute Gasteiger partial charge is 0.194 e. The molecule has 0 saturated carbocycles. The molecule has 0 amide bonds. The minimum atomic E-state index is -0.0236. The number of hydrogen-bond acceptors (Lipinski definition) is 3. The number of Topliss-reactive ketones (excluding diaryl/α,β-unsaturated/α-hetero) is 1. The zero-order chi connectivity index (χ0) is 27.3. The maximum Gasteiger partial charge on any atom is 0.194 e. The lowest BCUT2D eigenvalue weighted by atomic mass is 9.85. The number of likely N-dealkylation sites (N-methyl/N-ethyl adjacent to an activating group) is 2. The highest BCUT2D eigenvalue weighted by atomic mass is 16.1. The maximum atomic E-state index is 14.4. The van der Waals surface area contributed by atoms with Crippen LogP contribution in [0, 0.1) is 0 Å². The average molecular weight is 505 g/mol. The Morgan fingerprint density at radius 3 is 1.32 bits per heavy atom. The van der Waals surface area contributed by atoms with E-state index in [1.54, 1.807) is 0 Å². The Kier molecular flexibility index (Phi) is 8.30. The highest BCUT2D eigenvalue weighted by Gasteiger charge is 2.27. The molecule has 3 heteroatoms. The Balaban J connectivity index is 1.77. The number of carbonyl (C=O) groups excluding carboxylic acids is 1. The van der Waals surface area contributed by atoms with E-state index < -0.39 is 0 Å². The number of hydrogen-bond donors (Lipinski definition) is 0. The summed E-state index contributed by atoms with van der Waals surface area (Å²) in [5.41, 5.74) is 5.30. The Bertz CT molecular complexity index is 1240. The first kappa shape index (κ1) is 27.5. The summed E-state index contributed by atoms with van der Waals surface area (Å²) < 4.78 is 0. The molecule has 2 unspecified atom stereocenters. The molecule has 38 heavy (non-hydrogen) atoms. The van der Waals surface area contributed by atoms with Gasteiger partial charge >= 0.3 is 0 Å². The van der Waals surface area contributed by atoms with Crippen molar-refractivity contribution in [3.63, 3.8) is 0 Å². The van der Waals surface area contributed by atoms with Crippen molar-refractivity contribution in [3.05, 3.63) is 132 Å². The number of nitrogens with zero attached hydrogens (tertiary/aromatic N) is 2. The zero-order valence-corrected chi connectivity index (χ0v) is 23.6. The Hall–Kier alpha value is -3.53. The van der Waals surface area contributed by atoms with Crippen LogP contribution >= 0.6 is 0 Å². The minimum absolute atomic E-state index is 0.0212. The van der Waals surface area contributed by atoms with Gasteiger partial charge in [0.25, 0.3) is 0 Å². The topological polar surface area (TPSA) is 23.6 Å². The molecule has 0 spiro atoms. The lowest BCUT2D eigenvalue weighted by Gasteiger charge is -2.35. The van der Waals surface area contributed by atoms with Crippen LogP contribution in [-0.4, -0.2) is 54.9 Å². The van der Waals surface area contributed by atoms with Crippen molar-refractivity contribution in [2.24, 2.45) is 0 Å². The fraction of sp³-hybridized carbons (Fsp3) is 0.286. The summed E-state index contributed by atoms with van der Waals surface area (Å²) in [6.07, 6.45) is 19.1. The van der Waals surface area contributed by atoms with Gasteiger partial charge in [-0.25, -0.2) is 0 Å². The van der Waals surface area contributed by atoms with E-state index in [4.69, 9.17) is 0 Å². The van der Waals surface area contributed by atoms with Crippen molar-refractivity contribution in [1.29, 1.82) is 0 Å². The van der Waals surface area contributed by atoms with Gasteiger partial charge in [0.2, 0.25) is 0 Å². The predicted molar refractivity (Wildman–Crippen MR) is 162 cm³/mol. The van der Waals surface area contributed by atoms with Crippen molar-refractivity contribution < 1.29 is 4.79 Å². The lowest BCUT2D eigenvalue weighted by Crippen LogP contribution is -2.39. The van der Waals surface area contributed by atoms with E-state index in [1.165, 1.54) is 0 Å². The molecule has 0 aromatic heterocycles. The Morgan fingerprint density at radius 1 is 0.658 bits per heavy atom. The molecule has 0 heterocycles. The molecule has 0 N–H and O–H groups in total. The Labute approximate surface area is 228 Å². The van der Waals surface area contributed by atoms with Gasteiger partial charge in [0.1, 0.15) is 0 Å². The fourth-order valence-electron chi connectivity index (χ4n) is 4.62. The van der Waals surface area contributed by atoms with Gasteiger partial charge in [-0.3, -0.25) is 4.79 Å². The fourth-order valence-corrected chi connectivity index (χ4v) is 4.62. The van der Waals surface area contributed by atoms with Crippen LogP contribution in [0.15, 0.2) is 120 Å². The van der Waals surface area contributed by atoms with Crippen molar-refractivity contribution in [1.82, 2.24) is 9.80 Å². The number of ketones is 1. The lowest BCUT2D eigenvalue weighted by molar-refractivity contribution is -0.108. The average Bonchev–Trinajstić information content (AvgIpc) is 2.93. The molecule has 2 atom stereocenters. The molecule has 4 rings (SSSR count). The first-order valence-corrected chi connectivity index (χ1v) is 13.3. The van der Waals surface area contributed by atoms with Gasteiger partial charge in [-0.15, -0.1) is 0 Å². The molecule has 0 aliphatic heterocycles. The number of benzene rings is 2. The molecule has 0 bridgehead atoms. The van der Waals surface area contributed by atoms with Crippen molar-refractivity contribution in [3.8, 4) is 0 Å². The summed E-state index contributed by atoms with van der Waals surface area (Å²) in [5.74, 6) is 0.0212. The highest BCUT2D eigenvalue weighted by molar-refractivity contribution is 6.42. The number of rotatable bonds is 8. The van der Waals surface area contributed by atoms with Crippen molar-refractivity contribution in [2.45, 2.75) is 37.8 Å². The molecule has 2 aliphatic carbocycles. The van der Waals surface area contributed by atoms with Crippen LogP contribution in [0.2, 0.25) is 0 Å². The third-order valence-corrected chi connectivity index (χ3v) is 8.10. The van der Waals surface area contributed by atoms with Crippen molar-refractivity contribution >= 4 is 16.9 Å². The first-order valence-electron chi connectivity index (χ1n) is 13.3. The van der Waals surface area contributed by atoms with Crippen LogP contribution in [-0.2, 0) is 4.79 Å². The third kappa shape index (κ3) is 6.12. The number of allylic oxidation sites excluding steroid dienone is 8. The molecule has 2 aromatic carbocycles. The quantitative estimate of drug-likeness (QED) is 0.357. The minimum Gasteiger partial charge on any atom is -0.300 e. The largest absolute Gasteiger partial charge is 0.300 e. The summed E-state index contributed by atoms with van der Waals surface area (Å²) in [5, 5.41) is 0. The van der Waals surface area contributed by atoms with E-state index in [2.05, 4.69) is 88.3 Å². The SMILES string of the molecule is CN(C)C1(C)C=CC(C=C(C(=O)C(=CC2=CCC(C)(N(C)C)C=C2)c2ccccc2)c2ccccc2)=CC1. The summed E-state index contributed by atoms with van der Waals surface area (Å²) in [6.45, 7) is 4.46. The third-order valence-electron chi connectivity index (χ3n) is 8.10. The molecule has 0 saturated heterocycles. The molecule has 2 aliphatic rings. The van der Waals surface area contributed by atoms with E-state index in [0.29, 0.717) is 11.1 Å². The van der Waals surface area contributed by atoms with Gasteiger partial charge in [-0.2, -0.15) is 0 Å². The van der Waals surface area contributed by atoms with Crippen LogP contribution in [0.1, 0.15) is 37.8 Å². The van der Waals surface area contributed by atoms with Gasteiger partial charge in [0.15, 0.2) is 5.78 Å². The molecular weight excluding hydrogens is 464 g/mol. The normalized spacial score (nSPS) is 24.0. The molecular formula is C35H40N2O. The van der Waals surface area contributed by atoms with E-state index >= 15 is 0 Å². The van der Waals surface area contributed by atoms with Gasteiger partial charge in [-0.05, 0) is 89.3 Å². The Morgan fingerprint density at radius 2 is 1.03 bits per heavy atom. The second-order valence-corrected chi connectivity index (χ2v) is 11.2. The van der Waals surface area contributed by atoms with Gasteiger partial charge in [-0.1, -0.05) is 97.1 Å². The molecule has 196 valence electrons. The summed E-state index contributed by atoms with van der Waals surface area (Å²) >= 11 is 0. The van der Waals surface area contributed by atoms with Crippen LogP contribution in [0.3, 0.4) is 0 Å². The second-order valence-electron chi connectivity index (χ2n) is 11.2. The van der Waals surface area contributed by atoms with Gasteiger partial charge in [0.05, 0.1) is 0 Å². The van der Waals surface area contributed by atoms with Crippen LogP contribution in [0.5, 0.6) is 0 Å². The van der Waals surface area contributed by atoms with Crippen LogP contribution in [0.4, 0.5) is 0 Å². The molecule has 2 aromatic rings. The summed E-state index contributed by atoms with van der Waals surface area (Å²) in [7, 11) is 8.41. The monoisotopic (exact) mass is 504 g/mol. The van der Waals surface area contributed by atoms with Crippen LogP contribution in [0.25, 0.3) is 11.1 Å². The van der Waals surface area contributed by atoms with E-state index in [1.807, 2.05) is 72.8 Å². The first-order chi connectivity index (χ1) is 18.1. The van der Waals surface area contributed by atoms with Gasteiger partial charge < -0.3 is 9.80 Å². The molecule has 0 radical (unpaired) electrons. The highest BCUT2D eigenvalue weighted by Crippen LogP contribution is 2.32. The second kappa shape index (κ2) is 11.5. The summed E-state index contributed by atoms with van der Waals surface area (Å²) in [6, 6.07) is 20.0. The molecule has 3 nitrogen and oxygen atoms in total. The van der Waals surface area contributed by atoms with E-state index in [0.717, 1.165) is 35.1 Å². The van der Waals surface area contributed by atoms with Crippen LogP contribution < -0.4 is 0 Å². The standard InChI is InChI=1S/C35H40N2O/c1-34(36(3)4)21-17-27(18-22-34)25-31(29-13-9-7-10-14-29)33(38)32(30-15-11-8-12-16-30)26-28-19-23-35(2,24-20-28)37(5)6/h7-21,23,25-26H,22,24H2,1-6H3. The maximum absolute atomic E-state index is 14.4. The molecule has 0 fully saturated rings. The van der Waals surface area contributed by atoms with E-state index in [-0.39, 0.29) is 16.9 Å². The summed E-state index contributed by atoms with van der Waals surface area (Å²) in [4.78, 5) is 18.9. The van der Waals surface area contributed by atoms with E-state index in [9.17, 15) is 4.79 Å².